The zero-order valence-electron chi connectivity index (χ0n) is 30.5. The van der Waals surface area contributed by atoms with E-state index in [1.807, 2.05) is 24.3 Å². The molecule has 0 fully saturated rings. The molecule has 0 saturated carbocycles. The van der Waals surface area contributed by atoms with Crippen LogP contribution in [0, 0.1) is 0 Å². The van der Waals surface area contributed by atoms with Crippen LogP contribution in [0.2, 0.25) is 0 Å². The standard InChI is InChI=1S/C53H35N3/c1-5-17-36(18-6-1)48-35-49(55-52(54-48)37-19-7-2-8-20-37)38-29-31-42-43-32-30-41(56-50-27-15-13-25-44(50)45-26-14-16-28-51(45)56)34-47(43)53(46(42)33-38,39-21-9-3-10-22-39)40-23-11-4-12-24-40/h1-35H. The average molecular weight is 714 g/mol. The van der Waals surface area contributed by atoms with Crippen LogP contribution in [0.1, 0.15) is 22.3 Å². The average Bonchev–Trinajstić information content (AvgIpc) is 3.77. The summed E-state index contributed by atoms with van der Waals surface area (Å²) in [5.74, 6) is 0.707. The van der Waals surface area contributed by atoms with Crippen molar-refractivity contribution >= 4 is 21.8 Å². The number of rotatable bonds is 6. The zero-order chi connectivity index (χ0) is 37.1. The molecule has 3 nitrogen and oxygen atoms in total. The molecule has 8 aromatic carbocycles. The largest absolute Gasteiger partial charge is 0.309 e. The number of hydrogen-bond acceptors (Lipinski definition) is 2. The van der Waals surface area contributed by atoms with Crippen molar-refractivity contribution in [1.29, 1.82) is 0 Å². The Morgan fingerprint density at radius 2 is 0.821 bits per heavy atom. The second-order valence-electron chi connectivity index (χ2n) is 14.5. The molecular formula is C53H35N3. The highest BCUT2D eigenvalue weighted by Gasteiger charge is 2.46. The Morgan fingerprint density at radius 3 is 1.41 bits per heavy atom. The number of benzene rings is 8. The summed E-state index contributed by atoms with van der Waals surface area (Å²) < 4.78 is 2.43. The summed E-state index contributed by atoms with van der Waals surface area (Å²) in [4.78, 5) is 10.4. The van der Waals surface area contributed by atoms with Crippen LogP contribution in [0.25, 0.3) is 72.5 Å². The number of aromatic nitrogens is 3. The molecule has 2 aromatic heterocycles. The minimum atomic E-state index is -0.602. The van der Waals surface area contributed by atoms with Crippen LogP contribution in [0.15, 0.2) is 212 Å². The van der Waals surface area contributed by atoms with E-state index in [1.54, 1.807) is 0 Å². The van der Waals surface area contributed by atoms with Gasteiger partial charge >= 0.3 is 0 Å². The summed E-state index contributed by atoms with van der Waals surface area (Å²) in [7, 11) is 0. The van der Waals surface area contributed by atoms with Crippen molar-refractivity contribution in [3.05, 3.63) is 235 Å². The molecule has 0 amide bonds. The molecule has 11 rings (SSSR count). The highest BCUT2D eigenvalue weighted by Crippen LogP contribution is 2.57. The Labute approximate surface area is 325 Å². The number of fused-ring (bicyclic) bond motifs is 6. The monoisotopic (exact) mass is 713 g/mol. The maximum Gasteiger partial charge on any atom is 0.160 e. The molecule has 56 heavy (non-hydrogen) atoms. The lowest BCUT2D eigenvalue weighted by atomic mass is 9.67. The first kappa shape index (κ1) is 32.1. The molecule has 0 N–H and O–H groups in total. The van der Waals surface area contributed by atoms with Crippen molar-refractivity contribution < 1.29 is 0 Å². The van der Waals surface area contributed by atoms with Crippen molar-refractivity contribution in [1.82, 2.24) is 14.5 Å². The Morgan fingerprint density at radius 1 is 0.357 bits per heavy atom. The van der Waals surface area contributed by atoms with Crippen molar-refractivity contribution in [2.45, 2.75) is 5.41 Å². The van der Waals surface area contributed by atoms with Gasteiger partial charge in [-0.2, -0.15) is 0 Å². The van der Waals surface area contributed by atoms with Gasteiger partial charge < -0.3 is 4.57 Å². The first-order valence-corrected chi connectivity index (χ1v) is 19.2. The molecule has 1 aliphatic carbocycles. The van der Waals surface area contributed by atoms with Gasteiger partial charge in [-0.15, -0.1) is 0 Å². The second-order valence-corrected chi connectivity index (χ2v) is 14.5. The zero-order valence-corrected chi connectivity index (χ0v) is 30.5. The van der Waals surface area contributed by atoms with Crippen LogP contribution in [0.5, 0.6) is 0 Å². The summed E-state index contributed by atoms with van der Waals surface area (Å²) in [6, 6.07) is 76.4. The Hall–Kier alpha value is -7.36. The van der Waals surface area contributed by atoms with Gasteiger partial charge in [-0.3, -0.25) is 0 Å². The molecule has 10 aromatic rings. The summed E-state index contributed by atoms with van der Waals surface area (Å²) in [5, 5.41) is 2.51. The Kier molecular flexibility index (Phi) is 7.39. The van der Waals surface area contributed by atoms with Gasteiger partial charge in [-0.1, -0.05) is 176 Å². The predicted molar refractivity (Wildman–Crippen MR) is 230 cm³/mol. The number of hydrogen-bond donors (Lipinski definition) is 0. The van der Waals surface area contributed by atoms with Gasteiger partial charge in [-0.25, -0.2) is 9.97 Å². The molecule has 0 spiro atoms. The first-order valence-electron chi connectivity index (χ1n) is 19.2. The van der Waals surface area contributed by atoms with Crippen molar-refractivity contribution in [2.75, 3.05) is 0 Å². The minimum Gasteiger partial charge on any atom is -0.309 e. The third kappa shape index (κ3) is 4.91. The highest BCUT2D eigenvalue weighted by atomic mass is 15.0. The van der Waals surface area contributed by atoms with Crippen LogP contribution >= 0.6 is 0 Å². The summed E-state index contributed by atoms with van der Waals surface area (Å²) >= 11 is 0. The minimum absolute atomic E-state index is 0.602. The van der Waals surface area contributed by atoms with Gasteiger partial charge in [-0.05, 0) is 69.8 Å². The van der Waals surface area contributed by atoms with Crippen LogP contribution in [-0.4, -0.2) is 14.5 Å². The second kappa shape index (κ2) is 12.9. The third-order valence-electron chi connectivity index (χ3n) is 11.5. The molecule has 0 unspecified atom stereocenters. The molecule has 0 bridgehead atoms. The van der Waals surface area contributed by atoms with Crippen molar-refractivity contribution in [3.63, 3.8) is 0 Å². The molecule has 3 heteroatoms. The van der Waals surface area contributed by atoms with Crippen molar-refractivity contribution in [2.24, 2.45) is 0 Å². The van der Waals surface area contributed by atoms with Gasteiger partial charge in [0.15, 0.2) is 5.82 Å². The Bertz CT molecular complexity index is 2910. The fourth-order valence-electron chi connectivity index (χ4n) is 9.04. The van der Waals surface area contributed by atoms with Gasteiger partial charge in [0, 0.05) is 33.2 Å². The molecule has 2 heterocycles. The van der Waals surface area contributed by atoms with Gasteiger partial charge in [0.05, 0.1) is 27.8 Å². The predicted octanol–water partition coefficient (Wildman–Crippen LogP) is 12.9. The molecule has 0 atom stereocenters. The third-order valence-corrected chi connectivity index (χ3v) is 11.5. The van der Waals surface area contributed by atoms with Crippen LogP contribution in [-0.2, 0) is 5.41 Å². The van der Waals surface area contributed by atoms with E-state index in [4.69, 9.17) is 9.97 Å². The summed E-state index contributed by atoms with van der Waals surface area (Å²) in [6.45, 7) is 0. The highest BCUT2D eigenvalue weighted by molar-refractivity contribution is 6.09. The number of nitrogens with zero attached hydrogens (tertiary/aromatic N) is 3. The molecule has 0 radical (unpaired) electrons. The van der Waals surface area contributed by atoms with Gasteiger partial charge in [0.1, 0.15) is 0 Å². The van der Waals surface area contributed by atoms with E-state index in [2.05, 4.69) is 193 Å². The molecule has 0 aliphatic heterocycles. The molecular weight excluding hydrogens is 679 g/mol. The van der Waals surface area contributed by atoms with E-state index < -0.39 is 5.41 Å². The Balaban J connectivity index is 1.19. The molecule has 1 aliphatic rings. The van der Waals surface area contributed by atoms with E-state index in [1.165, 1.54) is 55.2 Å². The lowest BCUT2D eigenvalue weighted by molar-refractivity contribution is 0.767. The normalized spacial score (nSPS) is 12.8. The summed E-state index contributed by atoms with van der Waals surface area (Å²) in [5.41, 5.74) is 15.2. The summed E-state index contributed by atoms with van der Waals surface area (Å²) in [6.07, 6.45) is 0. The fraction of sp³-hybridized carbons (Fsp3) is 0.0189. The lowest BCUT2D eigenvalue weighted by Crippen LogP contribution is -2.28. The van der Waals surface area contributed by atoms with E-state index >= 15 is 0 Å². The topological polar surface area (TPSA) is 30.7 Å². The lowest BCUT2D eigenvalue weighted by Gasteiger charge is -2.34. The van der Waals surface area contributed by atoms with E-state index in [9.17, 15) is 0 Å². The van der Waals surface area contributed by atoms with Crippen LogP contribution in [0.4, 0.5) is 0 Å². The quantitative estimate of drug-likeness (QED) is 0.172. The maximum atomic E-state index is 5.26. The number of para-hydroxylation sites is 2. The van der Waals surface area contributed by atoms with E-state index in [0.717, 1.165) is 33.8 Å². The fourth-order valence-corrected chi connectivity index (χ4v) is 9.04. The van der Waals surface area contributed by atoms with Crippen LogP contribution in [0.3, 0.4) is 0 Å². The van der Waals surface area contributed by atoms with Crippen LogP contribution < -0.4 is 0 Å². The van der Waals surface area contributed by atoms with E-state index in [-0.39, 0.29) is 0 Å². The van der Waals surface area contributed by atoms with Gasteiger partial charge in [0.2, 0.25) is 0 Å². The maximum absolute atomic E-state index is 5.26. The van der Waals surface area contributed by atoms with Crippen molar-refractivity contribution in [3.8, 4) is 50.7 Å². The SMILES string of the molecule is c1ccc(-c2cc(-c3ccc4c(c3)C(c3ccccc3)(c3ccccc3)c3cc(-n5c6ccccc6c6ccccc65)ccc3-4)nc(-c3ccccc3)n2)cc1. The molecule has 0 saturated heterocycles. The van der Waals surface area contributed by atoms with E-state index in [0.29, 0.717) is 5.82 Å². The molecule has 262 valence electrons. The smallest absolute Gasteiger partial charge is 0.160 e. The van der Waals surface area contributed by atoms with Gasteiger partial charge in [0.25, 0.3) is 0 Å². The first-order chi connectivity index (χ1) is 27.8.